The first-order valence-electron chi connectivity index (χ1n) is 5.72. The molecule has 1 saturated heterocycles. The van der Waals surface area contributed by atoms with Crippen LogP contribution in [-0.2, 0) is 4.74 Å². The summed E-state index contributed by atoms with van der Waals surface area (Å²) in [6.45, 7) is 2.95. The summed E-state index contributed by atoms with van der Waals surface area (Å²) in [5.41, 5.74) is 0. The summed E-state index contributed by atoms with van der Waals surface area (Å²) in [4.78, 5) is 2.29. The third kappa shape index (κ3) is 3.06. The smallest absolute Gasteiger partial charge is 0.0883 e. The van der Waals surface area contributed by atoms with Gasteiger partial charge in [-0.3, -0.25) is 0 Å². The molecule has 0 radical (unpaired) electrons. The minimum absolute atomic E-state index is 0.334. The molecule has 2 nitrogen and oxygen atoms in total. The van der Waals surface area contributed by atoms with Crippen LogP contribution in [0.5, 0.6) is 0 Å². The van der Waals surface area contributed by atoms with Crippen LogP contribution in [0.1, 0.15) is 41.5 Å². The first-order chi connectivity index (χ1) is 7.66. The highest BCUT2D eigenvalue weighted by molar-refractivity contribution is 9.10. The lowest BCUT2D eigenvalue weighted by atomic mass is 10.1. The van der Waals surface area contributed by atoms with E-state index in [4.69, 9.17) is 4.74 Å². The third-order valence-corrected chi connectivity index (χ3v) is 5.23. The molecule has 1 aliphatic rings. The summed E-state index contributed by atoms with van der Waals surface area (Å²) in [5.74, 6) is 0. The van der Waals surface area contributed by atoms with Crippen molar-refractivity contribution in [3.05, 3.63) is 20.3 Å². The molecule has 0 bridgehead atoms. The van der Waals surface area contributed by atoms with Crippen molar-refractivity contribution in [1.29, 1.82) is 0 Å². The number of aryl methyl sites for hydroxylation is 1. The predicted octanol–water partition coefficient (Wildman–Crippen LogP) is 3.81. The topological polar surface area (TPSA) is 29.5 Å². The predicted molar refractivity (Wildman–Crippen MR) is 69.9 cm³/mol. The van der Waals surface area contributed by atoms with Gasteiger partial charge in [0.15, 0.2) is 0 Å². The largest absolute Gasteiger partial charge is 0.388 e. The van der Waals surface area contributed by atoms with Gasteiger partial charge in [-0.25, -0.2) is 0 Å². The van der Waals surface area contributed by atoms with Crippen LogP contribution in [0, 0.1) is 6.92 Å². The highest BCUT2D eigenvalue weighted by Gasteiger charge is 2.18. The standard InChI is InChI=1S/C12H17BrO2S/c1-8-10(13)7-12(16-8)11(14)5-4-9-3-2-6-15-9/h7,9,11,14H,2-6H2,1H3. The maximum absolute atomic E-state index is 10.1. The van der Waals surface area contributed by atoms with E-state index in [-0.39, 0.29) is 6.10 Å². The van der Waals surface area contributed by atoms with Gasteiger partial charge in [-0.05, 0) is 54.6 Å². The monoisotopic (exact) mass is 304 g/mol. The number of thiophene rings is 1. The molecule has 1 fully saturated rings. The maximum Gasteiger partial charge on any atom is 0.0883 e. The second-order valence-corrected chi connectivity index (χ2v) is 6.42. The van der Waals surface area contributed by atoms with Crippen molar-refractivity contribution in [2.45, 2.75) is 44.8 Å². The quantitative estimate of drug-likeness (QED) is 0.916. The van der Waals surface area contributed by atoms with E-state index in [2.05, 4.69) is 22.9 Å². The summed E-state index contributed by atoms with van der Waals surface area (Å²) >= 11 is 5.14. The van der Waals surface area contributed by atoms with Gasteiger partial charge < -0.3 is 9.84 Å². The number of hydrogen-bond acceptors (Lipinski definition) is 3. The zero-order valence-corrected chi connectivity index (χ0v) is 11.8. The Morgan fingerprint density at radius 2 is 2.50 bits per heavy atom. The van der Waals surface area contributed by atoms with E-state index in [0.717, 1.165) is 35.2 Å². The van der Waals surface area contributed by atoms with Crippen LogP contribution in [0.2, 0.25) is 0 Å². The fourth-order valence-electron chi connectivity index (χ4n) is 2.00. The van der Waals surface area contributed by atoms with Crippen LogP contribution >= 0.6 is 27.3 Å². The first kappa shape index (κ1) is 12.6. The Morgan fingerprint density at radius 1 is 1.69 bits per heavy atom. The van der Waals surface area contributed by atoms with Gasteiger partial charge in [-0.15, -0.1) is 11.3 Å². The first-order valence-corrected chi connectivity index (χ1v) is 7.33. The molecular formula is C12H17BrO2S. The number of aliphatic hydroxyl groups excluding tert-OH is 1. The maximum atomic E-state index is 10.1. The normalized spacial score (nSPS) is 22.6. The molecule has 0 spiro atoms. The molecule has 1 aromatic heterocycles. The van der Waals surface area contributed by atoms with E-state index < -0.39 is 0 Å². The molecule has 1 aromatic rings. The average molecular weight is 305 g/mol. The van der Waals surface area contributed by atoms with Gasteiger partial charge in [0.05, 0.1) is 12.2 Å². The Bertz CT molecular complexity index is 325. The minimum atomic E-state index is -0.334. The van der Waals surface area contributed by atoms with Crippen molar-refractivity contribution in [1.82, 2.24) is 0 Å². The van der Waals surface area contributed by atoms with E-state index in [1.165, 1.54) is 11.3 Å². The van der Waals surface area contributed by atoms with Gasteiger partial charge in [0.25, 0.3) is 0 Å². The van der Waals surface area contributed by atoms with Gasteiger partial charge in [0.1, 0.15) is 0 Å². The molecule has 2 heterocycles. The summed E-state index contributed by atoms with van der Waals surface area (Å²) < 4.78 is 6.65. The molecule has 16 heavy (non-hydrogen) atoms. The Labute approximate surface area is 109 Å². The number of ether oxygens (including phenoxy) is 1. The average Bonchev–Trinajstić information content (AvgIpc) is 2.86. The third-order valence-electron chi connectivity index (χ3n) is 2.99. The van der Waals surface area contributed by atoms with Crippen molar-refractivity contribution >= 4 is 27.3 Å². The lowest BCUT2D eigenvalue weighted by Gasteiger charge is -2.12. The number of rotatable bonds is 4. The SMILES string of the molecule is Cc1sc(C(O)CCC2CCCO2)cc1Br. The van der Waals surface area contributed by atoms with E-state index in [1.54, 1.807) is 11.3 Å². The molecule has 0 aromatic carbocycles. The summed E-state index contributed by atoms with van der Waals surface area (Å²) in [6, 6.07) is 2.03. The molecule has 1 N–H and O–H groups in total. The van der Waals surface area contributed by atoms with Gasteiger partial charge in [-0.1, -0.05) is 0 Å². The Morgan fingerprint density at radius 3 is 3.06 bits per heavy atom. The molecule has 0 saturated carbocycles. The second-order valence-electron chi connectivity index (χ2n) is 4.28. The molecule has 90 valence electrons. The van der Waals surface area contributed by atoms with E-state index in [9.17, 15) is 5.11 Å². The van der Waals surface area contributed by atoms with Gasteiger partial charge in [-0.2, -0.15) is 0 Å². The fraction of sp³-hybridized carbons (Fsp3) is 0.667. The zero-order chi connectivity index (χ0) is 11.5. The van der Waals surface area contributed by atoms with Gasteiger partial charge >= 0.3 is 0 Å². The molecule has 0 amide bonds. The fourth-order valence-corrected chi connectivity index (χ4v) is 3.59. The van der Waals surface area contributed by atoms with Gasteiger partial charge in [0.2, 0.25) is 0 Å². The highest BCUT2D eigenvalue weighted by Crippen LogP contribution is 2.33. The lowest BCUT2D eigenvalue weighted by molar-refractivity contribution is 0.0820. The van der Waals surface area contributed by atoms with Crippen LogP contribution in [-0.4, -0.2) is 17.8 Å². The van der Waals surface area contributed by atoms with E-state index >= 15 is 0 Å². The van der Waals surface area contributed by atoms with Crippen molar-refractivity contribution in [2.24, 2.45) is 0 Å². The lowest BCUT2D eigenvalue weighted by Crippen LogP contribution is -2.07. The van der Waals surface area contributed by atoms with Crippen LogP contribution < -0.4 is 0 Å². The summed E-state index contributed by atoms with van der Waals surface area (Å²) in [7, 11) is 0. The zero-order valence-electron chi connectivity index (χ0n) is 9.41. The van der Waals surface area contributed by atoms with Crippen molar-refractivity contribution in [2.75, 3.05) is 6.61 Å². The highest BCUT2D eigenvalue weighted by atomic mass is 79.9. The number of halogens is 1. The molecule has 2 rings (SSSR count). The van der Waals surface area contributed by atoms with Crippen LogP contribution in [0.4, 0.5) is 0 Å². The molecule has 4 heteroatoms. The van der Waals surface area contributed by atoms with Crippen LogP contribution in [0.3, 0.4) is 0 Å². The second kappa shape index (κ2) is 5.63. The molecule has 2 atom stereocenters. The van der Waals surface area contributed by atoms with Crippen molar-refractivity contribution < 1.29 is 9.84 Å². The number of aliphatic hydroxyl groups is 1. The van der Waals surface area contributed by atoms with Crippen molar-refractivity contribution in [3.63, 3.8) is 0 Å². The Balaban J connectivity index is 1.84. The minimum Gasteiger partial charge on any atom is -0.388 e. The van der Waals surface area contributed by atoms with E-state index in [0.29, 0.717) is 6.10 Å². The molecule has 0 aliphatic carbocycles. The number of hydrogen-bond donors (Lipinski definition) is 1. The van der Waals surface area contributed by atoms with Crippen LogP contribution in [0.25, 0.3) is 0 Å². The summed E-state index contributed by atoms with van der Waals surface area (Å²) in [6.07, 6.45) is 4.13. The molecule has 2 unspecified atom stereocenters. The van der Waals surface area contributed by atoms with Crippen molar-refractivity contribution in [3.8, 4) is 0 Å². The van der Waals surface area contributed by atoms with Crippen LogP contribution in [0.15, 0.2) is 10.5 Å². The Kier molecular flexibility index (Phi) is 4.41. The molecular weight excluding hydrogens is 288 g/mol. The van der Waals surface area contributed by atoms with Gasteiger partial charge in [0, 0.05) is 20.8 Å². The molecule has 1 aliphatic heterocycles. The Hall–Kier alpha value is 0.100. The summed E-state index contributed by atoms with van der Waals surface area (Å²) in [5, 5.41) is 10.1. The van der Waals surface area contributed by atoms with E-state index in [1.807, 2.05) is 6.07 Å².